The van der Waals surface area contributed by atoms with Crippen LogP contribution in [-0.2, 0) is 6.54 Å². The van der Waals surface area contributed by atoms with E-state index < -0.39 is 0 Å². The lowest BCUT2D eigenvalue weighted by Crippen LogP contribution is -2.16. The van der Waals surface area contributed by atoms with Gasteiger partial charge in [-0.2, -0.15) is 0 Å². The highest BCUT2D eigenvalue weighted by Crippen LogP contribution is 2.41. The Hall–Kier alpha value is -1.64. The first kappa shape index (κ1) is 12.1. The Bertz CT molecular complexity index is 716. The van der Waals surface area contributed by atoms with Crippen LogP contribution >= 0.6 is 11.3 Å². The molecule has 2 unspecified atom stereocenters. The van der Waals surface area contributed by atoms with Crippen LogP contribution in [0, 0.1) is 0 Å². The summed E-state index contributed by atoms with van der Waals surface area (Å²) < 4.78 is 1.39. The molecule has 0 saturated heterocycles. The molecular formula is C18H17NS. The fourth-order valence-electron chi connectivity index (χ4n) is 2.90. The molecule has 20 heavy (non-hydrogen) atoms. The summed E-state index contributed by atoms with van der Waals surface area (Å²) in [6.07, 6.45) is 1.27. The number of rotatable bonds is 4. The zero-order valence-electron chi connectivity index (χ0n) is 11.3. The Morgan fingerprint density at radius 2 is 1.80 bits per heavy atom. The zero-order chi connectivity index (χ0) is 13.4. The number of benzene rings is 2. The minimum absolute atomic E-state index is 0.649. The molecular weight excluding hydrogens is 262 g/mol. The van der Waals surface area contributed by atoms with Gasteiger partial charge in [-0.25, -0.2) is 0 Å². The number of thiophene rings is 1. The summed E-state index contributed by atoms with van der Waals surface area (Å²) in [6, 6.07) is 20.2. The molecule has 1 aliphatic rings. The molecule has 1 fully saturated rings. The van der Waals surface area contributed by atoms with Crippen LogP contribution in [0.25, 0.3) is 10.1 Å². The van der Waals surface area contributed by atoms with Gasteiger partial charge in [-0.3, -0.25) is 0 Å². The highest BCUT2D eigenvalue weighted by molar-refractivity contribution is 7.17. The Morgan fingerprint density at radius 3 is 2.70 bits per heavy atom. The van der Waals surface area contributed by atoms with Crippen molar-refractivity contribution in [3.63, 3.8) is 0 Å². The molecule has 4 rings (SSSR count). The van der Waals surface area contributed by atoms with E-state index in [0.717, 1.165) is 6.54 Å². The average Bonchev–Trinajstić information content (AvgIpc) is 3.18. The van der Waals surface area contributed by atoms with Crippen molar-refractivity contribution in [3.05, 3.63) is 71.1 Å². The lowest BCUT2D eigenvalue weighted by atomic mass is 10.1. The second-order valence-electron chi connectivity index (χ2n) is 5.50. The van der Waals surface area contributed by atoms with E-state index in [1.165, 1.54) is 27.6 Å². The van der Waals surface area contributed by atoms with E-state index in [1.807, 2.05) is 11.3 Å². The van der Waals surface area contributed by atoms with Crippen LogP contribution in [0.3, 0.4) is 0 Å². The van der Waals surface area contributed by atoms with Crippen LogP contribution in [-0.4, -0.2) is 6.04 Å². The van der Waals surface area contributed by atoms with Crippen LogP contribution < -0.4 is 5.32 Å². The molecule has 100 valence electrons. The van der Waals surface area contributed by atoms with Gasteiger partial charge in [0.05, 0.1) is 0 Å². The lowest BCUT2D eigenvalue weighted by Gasteiger charge is -2.04. The second-order valence-corrected chi connectivity index (χ2v) is 6.41. The van der Waals surface area contributed by atoms with Crippen molar-refractivity contribution < 1.29 is 0 Å². The van der Waals surface area contributed by atoms with Crippen molar-refractivity contribution in [2.75, 3.05) is 0 Å². The third-order valence-corrected chi connectivity index (χ3v) is 5.15. The van der Waals surface area contributed by atoms with Gasteiger partial charge >= 0.3 is 0 Å². The van der Waals surface area contributed by atoms with Crippen molar-refractivity contribution in [1.29, 1.82) is 0 Å². The van der Waals surface area contributed by atoms with Crippen LogP contribution in [0.5, 0.6) is 0 Å². The van der Waals surface area contributed by atoms with Crippen molar-refractivity contribution in [2.45, 2.75) is 24.9 Å². The summed E-state index contributed by atoms with van der Waals surface area (Å²) in [7, 11) is 0. The first-order valence-electron chi connectivity index (χ1n) is 7.15. The zero-order valence-corrected chi connectivity index (χ0v) is 12.1. The summed E-state index contributed by atoms with van der Waals surface area (Å²) in [5, 5.41) is 7.40. The molecule has 1 aromatic heterocycles. The van der Waals surface area contributed by atoms with E-state index in [1.54, 1.807) is 0 Å². The topological polar surface area (TPSA) is 12.0 Å². The van der Waals surface area contributed by atoms with Gasteiger partial charge < -0.3 is 5.32 Å². The van der Waals surface area contributed by atoms with Gasteiger partial charge in [0.2, 0.25) is 0 Å². The molecule has 2 atom stereocenters. The van der Waals surface area contributed by atoms with Gasteiger partial charge in [0, 0.05) is 23.2 Å². The highest BCUT2D eigenvalue weighted by atomic mass is 32.1. The quantitative estimate of drug-likeness (QED) is 0.739. The van der Waals surface area contributed by atoms with Crippen molar-refractivity contribution >= 4 is 21.4 Å². The Kier molecular flexibility index (Phi) is 3.06. The minimum Gasteiger partial charge on any atom is -0.309 e. The van der Waals surface area contributed by atoms with Gasteiger partial charge in [0.25, 0.3) is 0 Å². The Balaban J connectivity index is 1.43. The van der Waals surface area contributed by atoms with Crippen LogP contribution in [0.1, 0.15) is 23.5 Å². The van der Waals surface area contributed by atoms with Crippen LogP contribution in [0.4, 0.5) is 0 Å². The van der Waals surface area contributed by atoms with Crippen molar-refractivity contribution in [2.24, 2.45) is 0 Å². The fraction of sp³-hybridized carbons (Fsp3) is 0.222. The number of hydrogen-bond donors (Lipinski definition) is 1. The van der Waals surface area contributed by atoms with Crippen molar-refractivity contribution in [1.82, 2.24) is 5.32 Å². The predicted octanol–water partition coefficient (Wildman–Crippen LogP) is 4.55. The van der Waals surface area contributed by atoms with E-state index >= 15 is 0 Å². The molecule has 0 amide bonds. The van der Waals surface area contributed by atoms with E-state index in [-0.39, 0.29) is 0 Å². The second kappa shape index (κ2) is 5.04. The monoisotopic (exact) mass is 279 g/mol. The molecule has 1 heterocycles. The maximum atomic E-state index is 3.71. The summed E-state index contributed by atoms with van der Waals surface area (Å²) in [5.74, 6) is 0.709. The third-order valence-electron chi connectivity index (χ3n) is 4.13. The standard InChI is InChI=1S/C18H17NS/c1-2-6-13(7-3-1)16-10-17(16)19-11-14-12-20-18-9-5-4-8-15(14)18/h1-9,12,16-17,19H,10-11H2. The molecule has 0 aliphatic heterocycles. The first-order valence-corrected chi connectivity index (χ1v) is 8.03. The highest BCUT2D eigenvalue weighted by Gasteiger charge is 2.37. The molecule has 3 aromatic rings. The van der Waals surface area contributed by atoms with Crippen LogP contribution in [0.2, 0.25) is 0 Å². The Labute approximate surface area is 123 Å². The molecule has 2 heteroatoms. The molecule has 1 nitrogen and oxygen atoms in total. The maximum absolute atomic E-state index is 3.71. The van der Waals surface area contributed by atoms with Gasteiger partial charge in [-0.15, -0.1) is 11.3 Å². The largest absolute Gasteiger partial charge is 0.309 e. The number of nitrogens with one attached hydrogen (secondary N) is 1. The van der Waals surface area contributed by atoms with E-state index in [0.29, 0.717) is 12.0 Å². The molecule has 1 N–H and O–H groups in total. The maximum Gasteiger partial charge on any atom is 0.0346 e. The molecule has 2 aromatic carbocycles. The molecule has 0 radical (unpaired) electrons. The normalized spacial score (nSPS) is 21.2. The summed E-state index contributed by atoms with van der Waals surface area (Å²) in [5.41, 5.74) is 2.91. The van der Waals surface area contributed by atoms with E-state index in [4.69, 9.17) is 0 Å². The minimum atomic E-state index is 0.649. The summed E-state index contributed by atoms with van der Waals surface area (Å²) >= 11 is 1.84. The number of hydrogen-bond acceptors (Lipinski definition) is 2. The molecule has 0 bridgehead atoms. The predicted molar refractivity (Wildman–Crippen MR) is 86.3 cm³/mol. The fourth-order valence-corrected chi connectivity index (χ4v) is 3.86. The smallest absolute Gasteiger partial charge is 0.0346 e. The third kappa shape index (κ3) is 2.26. The van der Waals surface area contributed by atoms with Crippen LogP contribution in [0.15, 0.2) is 60.0 Å². The van der Waals surface area contributed by atoms with Gasteiger partial charge in [0.1, 0.15) is 0 Å². The summed E-state index contributed by atoms with van der Waals surface area (Å²) in [4.78, 5) is 0. The SMILES string of the molecule is c1ccc(C2CC2NCc2csc3ccccc23)cc1. The summed E-state index contributed by atoms with van der Waals surface area (Å²) in [6.45, 7) is 0.984. The Morgan fingerprint density at radius 1 is 1.00 bits per heavy atom. The molecule has 1 aliphatic carbocycles. The van der Waals surface area contributed by atoms with Gasteiger partial charge in [-0.05, 0) is 34.4 Å². The molecule has 0 spiro atoms. The van der Waals surface area contributed by atoms with Gasteiger partial charge in [-0.1, -0.05) is 48.5 Å². The van der Waals surface area contributed by atoms with Gasteiger partial charge in [0.15, 0.2) is 0 Å². The van der Waals surface area contributed by atoms with Crippen molar-refractivity contribution in [3.8, 4) is 0 Å². The van der Waals surface area contributed by atoms with E-state index in [9.17, 15) is 0 Å². The van der Waals surface area contributed by atoms with E-state index in [2.05, 4.69) is 65.3 Å². The number of fused-ring (bicyclic) bond motifs is 1. The molecule has 1 saturated carbocycles. The average molecular weight is 279 g/mol. The first-order chi connectivity index (χ1) is 9.92. The lowest BCUT2D eigenvalue weighted by molar-refractivity contribution is 0.676.